The molecule has 0 aromatic heterocycles. The highest BCUT2D eigenvalue weighted by Crippen LogP contribution is 2.31. The summed E-state index contributed by atoms with van der Waals surface area (Å²) in [5, 5.41) is 47.8. The first-order valence-corrected chi connectivity index (χ1v) is 12.5. The molecule has 3 rings (SSSR count). The Labute approximate surface area is 206 Å². The monoisotopic (exact) mass is 504 g/mol. The van der Waals surface area contributed by atoms with Crippen molar-refractivity contribution in [1.29, 1.82) is 0 Å². The van der Waals surface area contributed by atoms with Gasteiger partial charge in [-0.1, -0.05) is 0 Å². The highest BCUT2D eigenvalue weighted by molar-refractivity contribution is 5.02. The fourth-order valence-corrected chi connectivity index (χ4v) is 4.84. The fourth-order valence-electron chi connectivity index (χ4n) is 4.84. The Bertz CT molecular complexity index is 684. The van der Waals surface area contributed by atoms with Crippen LogP contribution < -0.4 is 22.1 Å². The maximum absolute atomic E-state index is 11.2. The van der Waals surface area contributed by atoms with Gasteiger partial charge in [-0.2, -0.15) is 0 Å². The van der Waals surface area contributed by atoms with Gasteiger partial charge in [-0.25, -0.2) is 0 Å². The third-order valence-corrected chi connectivity index (χ3v) is 6.75. The molecular weight excluding hydrogens is 460 g/mol. The summed E-state index contributed by atoms with van der Waals surface area (Å²) >= 11 is 0. The number of nitrogens with one attached hydrogen (secondary N) is 2. The Morgan fingerprint density at radius 3 is 2.74 bits per heavy atom. The quantitative estimate of drug-likeness (QED) is 0.149. The van der Waals surface area contributed by atoms with Crippen LogP contribution in [0.1, 0.15) is 39.0 Å². The van der Waals surface area contributed by atoms with E-state index in [9.17, 15) is 20.4 Å². The van der Waals surface area contributed by atoms with E-state index in [2.05, 4.69) is 10.6 Å². The molecule has 0 aromatic carbocycles. The number of hydrogen-bond donors (Lipinski definition) is 8. The van der Waals surface area contributed by atoms with Gasteiger partial charge in [0.2, 0.25) is 0 Å². The molecule has 0 aromatic rings. The van der Waals surface area contributed by atoms with Gasteiger partial charge < -0.3 is 61.5 Å². The van der Waals surface area contributed by atoms with E-state index in [1.807, 2.05) is 6.08 Å². The van der Waals surface area contributed by atoms with Crippen LogP contribution in [0.5, 0.6) is 0 Å². The zero-order valence-corrected chi connectivity index (χ0v) is 20.7. The van der Waals surface area contributed by atoms with Gasteiger partial charge >= 0.3 is 0 Å². The summed E-state index contributed by atoms with van der Waals surface area (Å²) in [7, 11) is 1.75. The second-order valence-corrected chi connectivity index (χ2v) is 10.1. The van der Waals surface area contributed by atoms with Gasteiger partial charge in [0.25, 0.3) is 0 Å². The lowest BCUT2D eigenvalue weighted by molar-refractivity contribution is -0.297. The summed E-state index contributed by atoms with van der Waals surface area (Å²) < 4.78 is 23.7. The van der Waals surface area contributed by atoms with Crippen LogP contribution in [0.15, 0.2) is 11.8 Å². The SMILES string of the molecule is CNC1CC(N)[C@@H](O[C@@H]2CCC=C(CNCC(O)CCN)O2)C(O)[C@H]1OC1OC[C@](C)(O)CC1O. The molecule has 12 heteroatoms. The summed E-state index contributed by atoms with van der Waals surface area (Å²) in [5.74, 6) is 0.701. The highest BCUT2D eigenvalue weighted by Gasteiger charge is 2.48. The van der Waals surface area contributed by atoms with Gasteiger partial charge in [0.15, 0.2) is 12.6 Å². The molecule has 3 aliphatic rings. The maximum atomic E-state index is 11.2. The molecule has 2 fully saturated rings. The molecule has 1 saturated carbocycles. The van der Waals surface area contributed by atoms with Crippen LogP contribution in [0.3, 0.4) is 0 Å². The molecule has 0 radical (unpaired) electrons. The molecule has 0 amide bonds. The minimum absolute atomic E-state index is 0.0174. The van der Waals surface area contributed by atoms with Crippen LogP contribution in [-0.4, -0.2) is 114 Å². The molecule has 0 bridgehead atoms. The topological polar surface area (TPSA) is 194 Å². The molecule has 6 unspecified atom stereocenters. The first kappa shape index (κ1) is 28.7. The van der Waals surface area contributed by atoms with Crippen molar-refractivity contribution in [3.05, 3.63) is 11.8 Å². The van der Waals surface area contributed by atoms with Crippen LogP contribution in [0.2, 0.25) is 0 Å². The number of rotatable bonds is 11. The van der Waals surface area contributed by atoms with Crippen molar-refractivity contribution in [2.75, 3.05) is 33.3 Å². The maximum Gasteiger partial charge on any atom is 0.200 e. The normalized spacial score (nSPS) is 41.2. The van der Waals surface area contributed by atoms with E-state index >= 15 is 0 Å². The third-order valence-electron chi connectivity index (χ3n) is 6.75. The number of ether oxygens (including phenoxy) is 4. The first-order chi connectivity index (χ1) is 16.6. The third kappa shape index (κ3) is 8.04. The zero-order valence-electron chi connectivity index (χ0n) is 20.7. The van der Waals surface area contributed by atoms with Gasteiger partial charge in [0, 0.05) is 31.5 Å². The minimum Gasteiger partial charge on any atom is -0.468 e. The van der Waals surface area contributed by atoms with E-state index in [0.29, 0.717) is 44.7 Å². The van der Waals surface area contributed by atoms with Crippen LogP contribution >= 0.6 is 0 Å². The van der Waals surface area contributed by atoms with Gasteiger partial charge in [-0.15, -0.1) is 0 Å². The number of likely N-dealkylation sites (N-methyl/N-ethyl adjacent to an activating group) is 1. The van der Waals surface area contributed by atoms with Gasteiger partial charge in [-0.05, 0) is 45.9 Å². The van der Waals surface area contributed by atoms with Gasteiger partial charge in [0.05, 0.1) is 24.9 Å². The average molecular weight is 505 g/mol. The predicted molar refractivity (Wildman–Crippen MR) is 127 cm³/mol. The molecule has 10 atom stereocenters. The van der Waals surface area contributed by atoms with Gasteiger partial charge in [0.1, 0.15) is 30.2 Å². The summed E-state index contributed by atoms with van der Waals surface area (Å²) in [4.78, 5) is 0. The summed E-state index contributed by atoms with van der Waals surface area (Å²) in [6.07, 6.45) is -1.31. The van der Waals surface area contributed by atoms with Crippen LogP contribution in [-0.2, 0) is 18.9 Å². The number of aliphatic hydroxyl groups excluding tert-OH is 3. The van der Waals surface area contributed by atoms with Crippen LogP contribution in [0.25, 0.3) is 0 Å². The van der Waals surface area contributed by atoms with Crippen molar-refractivity contribution in [3.63, 3.8) is 0 Å². The van der Waals surface area contributed by atoms with Crippen molar-refractivity contribution in [2.45, 2.75) is 99.8 Å². The Hall–Kier alpha value is -0.900. The Kier molecular flexibility index (Phi) is 10.7. The van der Waals surface area contributed by atoms with E-state index in [-0.39, 0.29) is 19.1 Å². The number of allylic oxidation sites excluding steroid dienone is 1. The van der Waals surface area contributed by atoms with Crippen molar-refractivity contribution >= 4 is 0 Å². The average Bonchev–Trinajstić information content (AvgIpc) is 2.80. The number of hydrogen-bond acceptors (Lipinski definition) is 12. The van der Waals surface area contributed by atoms with E-state index in [1.54, 1.807) is 14.0 Å². The largest absolute Gasteiger partial charge is 0.468 e. The van der Waals surface area contributed by atoms with E-state index in [0.717, 1.165) is 6.42 Å². The molecule has 1 saturated heterocycles. The molecule has 12 nitrogen and oxygen atoms in total. The smallest absolute Gasteiger partial charge is 0.200 e. The molecule has 2 aliphatic heterocycles. The van der Waals surface area contributed by atoms with Crippen molar-refractivity contribution in [3.8, 4) is 0 Å². The lowest BCUT2D eigenvalue weighted by Crippen LogP contribution is -2.65. The molecule has 204 valence electrons. The van der Waals surface area contributed by atoms with Crippen molar-refractivity contribution in [2.24, 2.45) is 11.5 Å². The van der Waals surface area contributed by atoms with Crippen LogP contribution in [0.4, 0.5) is 0 Å². The second-order valence-electron chi connectivity index (χ2n) is 10.1. The fraction of sp³-hybridized carbons (Fsp3) is 0.913. The Morgan fingerprint density at radius 1 is 1.29 bits per heavy atom. The lowest BCUT2D eigenvalue weighted by Gasteiger charge is -2.46. The van der Waals surface area contributed by atoms with E-state index < -0.39 is 54.7 Å². The molecule has 10 N–H and O–H groups in total. The summed E-state index contributed by atoms with van der Waals surface area (Å²) in [6, 6.07) is -0.757. The number of nitrogens with two attached hydrogens (primary N) is 2. The van der Waals surface area contributed by atoms with E-state index in [4.69, 9.17) is 30.4 Å². The second kappa shape index (κ2) is 13.1. The molecular formula is C23H44N4O8. The molecule has 1 aliphatic carbocycles. The first-order valence-electron chi connectivity index (χ1n) is 12.5. The summed E-state index contributed by atoms with van der Waals surface area (Å²) in [5.41, 5.74) is 10.7. The predicted octanol–water partition coefficient (Wildman–Crippen LogP) is -2.39. The van der Waals surface area contributed by atoms with Gasteiger partial charge in [-0.3, -0.25) is 0 Å². The van der Waals surface area contributed by atoms with Crippen molar-refractivity contribution < 1.29 is 39.4 Å². The van der Waals surface area contributed by atoms with Crippen LogP contribution in [0, 0.1) is 0 Å². The Morgan fingerprint density at radius 2 is 2.06 bits per heavy atom. The van der Waals surface area contributed by atoms with Crippen molar-refractivity contribution in [1.82, 2.24) is 10.6 Å². The highest BCUT2D eigenvalue weighted by atomic mass is 16.7. The standard InChI is InChI=1S/C23H44N4O8/c1-23(31)9-17(29)22(32-12-23)35-21-16(26-2)8-15(25)20(19(21)30)34-18-5-3-4-14(33-18)11-27-10-13(28)6-7-24/h4,13,15-22,26-31H,3,5-12,24-25H2,1-2H3/t13?,15?,16?,17?,18-,19?,20-,21+,22?,23-/m1/s1. The summed E-state index contributed by atoms with van der Waals surface area (Å²) in [6.45, 7) is 2.88. The number of aliphatic hydroxyl groups is 4. The molecule has 0 spiro atoms. The molecule has 35 heavy (non-hydrogen) atoms. The van der Waals surface area contributed by atoms with E-state index in [1.165, 1.54) is 0 Å². The molecule has 2 heterocycles. The lowest BCUT2D eigenvalue weighted by atomic mass is 9.84. The Balaban J connectivity index is 1.56. The minimum atomic E-state index is -1.14. The zero-order chi connectivity index (χ0) is 25.6.